The van der Waals surface area contributed by atoms with Gasteiger partial charge < -0.3 is 9.13 Å². The summed E-state index contributed by atoms with van der Waals surface area (Å²) in [5.74, 6) is 0. The Bertz CT molecular complexity index is 3050. The molecule has 0 unspecified atom stereocenters. The molecule has 7 aromatic carbocycles. The Balaban J connectivity index is 1.03. The molecule has 0 radical (unpaired) electrons. The molecule has 0 spiro atoms. The van der Waals surface area contributed by atoms with Crippen LogP contribution in [0.2, 0.25) is 0 Å². The lowest BCUT2D eigenvalue weighted by Crippen LogP contribution is -1.96. The van der Waals surface area contributed by atoms with E-state index in [0.717, 1.165) is 16.7 Å². The summed E-state index contributed by atoms with van der Waals surface area (Å²) in [6, 6.07) is 59.5. The summed E-state index contributed by atoms with van der Waals surface area (Å²) in [5.41, 5.74) is 11.7. The average molecular weight is 642 g/mol. The van der Waals surface area contributed by atoms with Crippen LogP contribution in [0.3, 0.4) is 0 Å². The van der Waals surface area contributed by atoms with Crippen molar-refractivity contribution in [1.82, 2.24) is 14.1 Å². The highest BCUT2D eigenvalue weighted by molar-refractivity contribution is 7.25. The molecule has 0 aliphatic carbocycles. The molecule has 11 aromatic rings. The number of thiophene rings is 1. The van der Waals surface area contributed by atoms with Gasteiger partial charge in [-0.05, 0) is 83.9 Å². The first-order chi connectivity index (χ1) is 24.3. The Morgan fingerprint density at radius 2 is 0.939 bits per heavy atom. The first kappa shape index (κ1) is 26.8. The van der Waals surface area contributed by atoms with Gasteiger partial charge in [-0.2, -0.15) is 0 Å². The van der Waals surface area contributed by atoms with Gasteiger partial charge in [0.1, 0.15) is 0 Å². The molecular formula is C45H27N3S. The second kappa shape index (κ2) is 10.1. The zero-order valence-corrected chi connectivity index (χ0v) is 27.2. The molecule has 0 fully saturated rings. The summed E-state index contributed by atoms with van der Waals surface area (Å²) in [7, 11) is 0. The van der Waals surface area contributed by atoms with E-state index in [1.807, 2.05) is 11.3 Å². The minimum Gasteiger partial charge on any atom is -0.309 e. The van der Waals surface area contributed by atoms with Crippen molar-refractivity contribution in [2.24, 2.45) is 0 Å². The van der Waals surface area contributed by atoms with Gasteiger partial charge in [0, 0.05) is 48.4 Å². The third kappa shape index (κ3) is 3.92. The zero-order valence-electron chi connectivity index (χ0n) is 26.3. The number of para-hydroxylation sites is 3. The summed E-state index contributed by atoms with van der Waals surface area (Å²) < 4.78 is 7.31. The van der Waals surface area contributed by atoms with Gasteiger partial charge >= 0.3 is 0 Å². The summed E-state index contributed by atoms with van der Waals surface area (Å²) in [5, 5.41) is 7.44. The normalized spacial score (nSPS) is 12.1. The van der Waals surface area contributed by atoms with E-state index < -0.39 is 0 Å². The molecule has 0 atom stereocenters. The van der Waals surface area contributed by atoms with E-state index in [2.05, 4.69) is 173 Å². The number of hydrogen-bond acceptors (Lipinski definition) is 2. The fourth-order valence-electron chi connectivity index (χ4n) is 7.86. The van der Waals surface area contributed by atoms with E-state index in [-0.39, 0.29) is 0 Å². The zero-order chi connectivity index (χ0) is 32.1. The van der Waals surface area contributed by atoms with Gasteiger partial charge in [-0.15, -0.1) is 11.3 Å². The van der Waals surface area contributed by atoms with Crippen molar-refractivity contribution < 1.29 is 0 Å². The van der Waals surface area contributed by atoms with Crippen LogP contribution in [0.4, 0.5) is 0 Å². The van der Waals surface area contributed by atoms with Crippen molar-refractivity contribution in [2.45, 2.75) is 0 Å². The van der Waals surface area contributed by atoms with Crippen LogP contribution < -0.4 is 0 Å². The molecule has 0 saturated carbocycles. The first-order valence-corrected chi connectivity index (χ1v) is 17.4. The third-order valence-electron chi connectivity index (χ3n) is 10.1. The van der Waals surface area contributed by atoms with E-state index in [0.29, 0.717) is 0 Å². The summed E-state index contributed by atoms with van der Waals surface area (Å²) in [4.78, 5) is 5.06. The molecule has 0 aliphatic heterocycles. The molecule has 0 N–H and O–H groups in total. The highest BCUT2D eigenvalue weighted by Crippen LogP contribution is 2.38. The second-order valence-corrected chi connectivity index (χ2v) is 13.9. The van der Waals surface area contributed by atoms with Crippen molar-refractivity contribution in [3.63, 3.8) is 0 Å². The maximum atomic E-state index is 5.06. The predicted octanol–water partition coefficient (Wildman–Crippen LogP) is 12.5. The van der Waals surface area contributed by atoms with Crippen LogP contribution in [-0.4, -0.2) is 14.1 Å². The first-order valence-electron chi connectivity index (χ1n) is 16.6. The standard InChI is InChI=1S/C45H27N3S/c1-5-13-39-33(9-1)34-10-2-6-14-40(34)48(39)32-22-24-42-37(27-32)35-11-3-7-15-41(35)47(42)31-20-17-28(18-21-31)29-19-23-38-30(25-29)26-44-45(46-38)36-12-4-8-16-43(36)49-44/h1-27H. The summed E-state index contributed by atoms with van der Waals surface area (Å²) in [6.45, 7) is 0. The molecule has 0 amide bonds. The largest absolute Gasteiger partial charge is 0.309 e. The monoisotopic (exact) mass is 641 g/mol. The Kier molecular flexibility index (Phi) is 5.54. The SMILES string of the molecule is c1ccc2c(c1)sc1cc3cc(-c4ccc(-n5c6ccccc6c6cc(-n7c8ccccc8c8ccccc87)ccc65)cc4)ccc3nc12. The van der Waals surface area contributed by atoms with Crippen molar-refractivity contribution in [3.05, 3.63) is 164 Å². The Labute approximate surface area is 285 Å². The average Bonchev–Trinajstić information content (AvgIpc) is 3.81. The molecule has 49 heavy (non-hydrogen) atoms. The number of hydrogen-bond donors (Lipinski definition) is 0. The molecule has 3 nitrogen and oxygen atoms in total. The van der Waals surface area contributed by atoms with Crippen molar-refractivity contribution in [1.29, 1.82) is 0 Å². The van der Waals surface area contributed by atoms with Gasteiger partial charge in [0.2, 0.25) is 0 Å². The lowest BCUT2D eigenvalue weighted by Gasteiger charge is -2.11. The van der Waals surface area contributed by atoms with Crippen LogP contribution in [0, 0.1) is 0 Å². The van der Waals surface area contributed by atoms with E-state index in [9.17, 15) is 0 Å². The van der Waals surface area contributed by atoms with Crippen molar-refractivity contribution in [3.8, 4) is 22.5 Å². The number of benzene rings is 7. The maximum absolute atomic E-state index is 5.06. The molecule has 0 aliphatic rings. The smallest absolute Gasteiger partial charge is 0.0896 e. The van der Waals surface area contributed by atoms with Crippen LogP contribution in [0.15, 0.2) is 164 Å². The molecular weight excluding hydrogens is 615 g/mol. The van der Waals surface area contributed by atoms with E-state index in [1.54, 1.807) is 0 Å². The van der Waals surface area contributed by atoms with Gasteiger partial charge in [0.15, 0.2) is 0 Å². The number of fused-ring (bicyclic) bond motifs is 10. The molecule has 0 bridgehead atoms. The number of rotatable bonds is 3. The molecule has 228 valence electrons. The quantitative estimate of drug-likeness (QED) is 0.188. The summed E-state index contributed by atoms with van der Waals surface area (Å²) in [6.07, 6.45) is 0. The van der Waals surface area contributed by atoms with Gasteiger partial charge in [-0.3, -0.25) is 0 Å². The van der Waals surface area contributed by atoms with Crippen LogP contribution in [-0.2, 0) is 0 Å². The Morgan fingerprint density at radius 3 is 1.65 bits per heavy atom. The number of nitrogens with zero attached hydrogens (tertiary/aromatic N) is 3. The van der Waals surface area contributed by atoms with Gasteiger partial charge in [-0.1, -0.05) is 91.0 Å². The van der Waals surface area contributed by atoms with Crippen molar-refractivity contribution in [2.75, 3.05) is 0 Å². The topological polar surface area (TPSA) is 22.8 Å². The fourth-order valence-corrected chi connectivity index (χ4v) is 8.96. The second-order valence-electron chi connectivity index (χ2n) is 12.8. The summed E-state index contributed by atoms with van der Waals surface area (Å²) >= 11 is 1.81. The molecule has 4 aromatic heterocycles. The van der Waals surface area contributed by atoms with Gasteiger partial charge in [-0.25, -0.2) is 4.98 Å². The fraction of sp³-hybridized carbons (Fsp3) is 0. The minimum atomic E-state index is 1.03. The van der Waals surface area contributed by atoms with Crippen LogP contribution in [0.1, 0.15) is 0 Å². The lowest BCUT2D eigenvalue weighted by atomic mass is 10.0. The van der Waals surface area contributed by atoms with E-state index in [4.69, 9.17) is 4.98 Å². The highest BCUT2D eigenvalue weighted by atomic mass is 32.1. The third-order valence-corrected chi connectivity index (χ3v) is 11.2. The Hall–Kier alpha value is -6.23. The Morgan fingerprint density at radius 1 is 0.388 bits per heavy atom. The van der Waals surface area contributed by atoms with Crippen LogP contribution in [0.25, 0.3) is 97.3 Å². The molecule has 0 saturated heterocycles. The van der Waals surface area contributed by atoms with Gasteiger partial charge in [0.05, 0.1) is 37.8 Å². The predicted molar refractivity (Wildman–Crippen MR) is 209 cm³/mol. The van der Waals surface area contributed by atoms with Crippen molar-refractivity contribution >= 4 is 86.2 Å². The van der Waals surface area contributed by atoms with Gasteiger partial charge in [0.25, 0.3) is 0 Å². The highest BCUT2D eigenvalue weighted by Gasteiger charge is 2.16. The minimum absolute atomic E-state index is 1.03. The molecule has 4 heteroatoms. The number of aromatic nitrogens is 3. The van der Waals surface area contributed by atoms with Crippen LogP contribution >= 0.6 is 11.3 Å². The van der Waals surface area contributed by atoms with E-state index >= 15 is 0 Å². The lowest BCUT2D eigenvalue weighted by molar-refractivity contribution is 1.17. The number of pyridine rings is 1. The van der Waals surface area contributed by atoms with Crippen LogP contribution in [0.5, 0.6) is 0 Å². The molecule has 11 rings (SSSR count). The van der Waals surface area contributed by atoms with E-state index in [1.165, 1.54) is 80.6 Å². The maximum Gasteiger partial charge on any atom is 0.0896 e. The molecule has 4 heterocycles.